The van der Waals surface area contributed by atoms with Crippen molar-refractivity contribution < 1.29 is 4.74 Å². The highest BCUT2D eigenvalue weighted by Crippen LogP contribution is 2.21. The number of anilines is 1. The summed E-state index contributed by atoms with van der Waals surface area (Å²) in [6, 6.07) is 11.7. The number of nitrogens with zero attached hydrogens (tertiary/aromatic N) is 2. The Morgan fingerprint density at radius 1 is 1.29 bits per heavy atom. The lowest BCUT2D eigenvalue weighted by Crippen LogP contribution is -2.16. The van der Waals surface area contributed by atoms with Crippen LogP contribution in [-0.4, -0.2) is 24.2 Å². The molecular weight excluding hydrogens is 262 g/mol. The summed E-state index contributed by atoms with van der Waals surface area (Å²) in [7, 11) is 0. The van der Waals surface area contributed by atoms with Crippen molar-refractivity contribution in [1.82, 2.24) is 4.98 Å². The number of hydrogen-bond donors (Lipinski definition) is 1. The molecule has 108 valence electrons. The van der Waals surface area contributed by atoms with E-state index < -0.39 is 0 Å². The molecule has 0 spiro atoms. The summed E-state index contributed by atoms with van der Waals surface area (Å²) in [6.45, 7) is 1.40. The van der Waals surface area contributed by atoms with Crippen LogP contribution in [0.25, 0.3) is 10.9 Å². The lowest BCUT2D eigenvalue weighted by molar-refractivity contribution is 0.0659. The van der Waals surface area contributed by atoms with Crippen molar-refractivity contribution in [1.29, 1.82) is 5.26 Å². The highest BCUT2D eigenvalue weighted by molar-refractivity contribution is 5.86. The second-order valence-electron chi connectivity index (χ2n) is 5.39. The lowest BCUT2D eigenvalue weighted by atomic mass is 10.1. The molecule has 4 heteroatoms. The van der Waals surface area contributed by atoms with Gasteiger partial charge in [-0.2, -0.15) is 5.26 Å². The SMILES string of the molecule is N#Cc1cc(NCCOC2CCCC2)nc2ccccc12. The smallest absolute Gasteiger partial charge is 0.128 e. The van der Waals surface area contributed by atoms with Crippen LogP contribution < -0.4 is 5.32 Å². The minimum absolute atomic E-state index is 0.436. The number of rotatable bonds is 5. The first-order chi connectivity index (χ1) is 10.4. The van der Waals surface area contributed by atoms with Gasteiger partial charge in [0.1, 0.15) is 5.82 Å². The molecule has 1 N–H and O–H groups in total. The summed E-state index contributed by atoms with van der Waals surface area (Å²) in [4.78, 5) is 4.54. The monoisotopic (exact) mass is 281 g/mol. The Kier molecular flexibility index (Phi) is 4.32. The fourth-order valence-corrected chi connectivity index (χ4v) is 2.82. The third-order valence-electron chi connectivity index (χ3n) is 3.90. The fraction of sp³-hybridized carbons (Fsp3) is 0.412. The average Bonchev–Trinajstić information content (AvgIpc) is 3.04. The van der Waals surface area contributed by atoms with Gasteiger partial charge < -0.3 is 10.1 Å². The molecule has 0 aliphatic heterocycles. The van der Waals surface area contributed by atoms with Crippen LogP contribution in [0.5, 0.6) is 0 Å². The van der Waals surface area contributed by atoms with E-state index in [1.807, 2.05) is 24.3 Å². The van der Waals surface area contributed by atoms with E-state index in [0.29, 0.717) is 24.8 Å². The normalized spacial score (nSPS) is 15.2. The van der Waals surface area contributed by atoms with Gasteiger partial charge in [0.25, 0.3) is 0 Å². The molecular formula is C17H19N3O. The van der Waals surface area contributed by atoms with Gasteiger partial charge in [0.15, 0.2) is 0 Å². The van der Waals surface area contributed by atoms with Crippen molar-refractivity contribution >= 4 is 16.7 Å². The molecule has 0 unspecified atom stereocenters. The number of fused-ring (bicyclic) bond motifs is 1. The molecule has 0 saturated heterocycles. The van der Waals surface area contributed by atoms with E-state index in [4.69, 9.17) is 4.74 Å². The predicted octanol–water partition coefficient (Wildman–Crippen LogP) is 3.48. The number of nitrogens with one attached hydrogen (secondary N) is 1. The Bertz CT molecular complexity index is 657. The second kappa shape index (κ2) is 6.55. The molecule has 3 rings (SSSR count). The highest BCUT2D eigenvalue weighted by atomic mass is 16.5. The second-order valence-corrected chi connectivity index (χ2v) is 5.39. The van der Waals surface area contributed by atoms with E-state index in [-0.39, 0.29) is 0 Å². The van der Waals surface area contributed by atoms with Crippen molar-refractivity contribution in [2.45, 2.75) is 31.8 Å². The zero-order valence-corrected chi connectivity index (χ0v) is 12.0. The van der Waals surface area contributed by atoms with Crippen molar-refractivity contribution in [3.05, 3.63) is 35.9 Å². The molecule has 1 aliphatic carbocycles. The van der Waals surface area contributed by atoms with Gasteiger partial charge in [-0.05, 0) is 25.0 Å². The van der Waals surface area contributed by atoms with Crippen molar-refractivity contribution in [2.24, 2.45) is 0 Å². The Morgan fingerprint density at radius 2 is 2.10 bits per heavy atom. The maximum atomic E-state index is 9.24. The first kappa shape index (κ1) is 13.8. The van der Waals surface area contributed by atoms with E-state index in [2.05, 4.69) is 16.4 Å². The summed E-state index contributed by atoms with van der Waals surface area (Å²) in [6.07, 6.45) is 5.39. The fourth-order valence-electron chi connectivity index (χ4n) is 2.82. The third kappa shape index (κ3) is 3.32. The van der Waals surface area contributed by atoms with Crippen LogP contribution in [0.4, 0.5) is 5.82 Å². The number of nitriles is 1. The molecule has 1 aromatic carbocycles. The standard InChI is InChI=1S/C17H19N3O/c18-12-13-11-17(20-16-8-4-3-7-15(13)16)19-9-10-21-14-5-1-2-6-14/h3-4,7-8,11,14H,1-2,5-6,9-10H2,(H,19,20). The zero-order valence-electron chi connectivity index (χ0n) is 12.0. The van der Waals surface area contributed by atoms with Crippen LogP contribution in [0.15, 0.2) is 30.3 Å². The van der Waals surface area contributed by atoms with Crippen molar-refractivity contribution in [3.8, 4) is 6.07 Å². The van der Waals surface area contributed by atoms with Crippen molar-refractivity contribution in [3.63, 3.8) is 0 Å². The van der Waals surface area contributed by atoms with Crippen molar-refractivity contribution in [2.75, 3.05) is 18.5 Å². The molecule has 1 aliphatic rings. The molecule has 21 heavy (non-hydrogen) atoms. The summed E-state index contributed by atoms with van der Waals surface area (Å²) in [5, 5.41) is 13.4. The molecule has 1 aromatic heterocycles. The van der Waals surface area contributed by atoms with E-state index in [1.165, 1.54) is 25.7 Å². The number of benzene rings is 1. The molecule has 1 saturated carbocycles. The van der Waals surface area contributed by atoms with Gasteiger partial charge in [0, 0.05) is 11.9 Å². The first-order valence-electron chi connectivity index (χ1n) is 7.52. The number of ether oxygens (including phenoxy) is 1. The third-order valence-corrected chi connectivity index (χ3v) is 3.90. The van der Waals surface area contributed by atoms with Crippen LogP contribution in [0.2, 0.25) is 0 Å². The largest absolute Gasteiger partial charge is 0.376 e. The van der Waals surface area contributed by atoms with E-state index in [0.717, 1.165) is 16.7 Å². The quantitative estimate of drug-likeness (QED) is 0.852. The molecule has 1 fully saturated rings. The zero-order chi connectivity index (χ0) is 14.5. The number of pyridine rings is 1. The molecule has 2 aromatic rings. The van der Waals surface area contributed by atoms with Crippen LogP contribution in [0, 0.1) is 11.3 Å². The lowest BCUT2D eigenvalue weighted by Gasteiger charge is -2.12. The molecule has 0 amide bonds. The van der Waals surface area contributed by atoms with Gasteiger partial charge in [0.05, 0.1) is 29.9 Å². The van der Waals surface area contributed by atoms with Gasteiger partial charge >= 0.3 is 0 Å². The predicted molar refractivity (Wildman–Crippen MR) is 83.2 cm³/mol. The molecule has 4 nitrogen and oxygen atoms in total. The maximum Gasteiger partial charge on any atom is 0.128 e. The number of hydrogen-bond acceptors (Lipinski definition) is 4. The molecule has 0 atom stereocenters. The summed E-state index contributed by atoms with van der Waals surface area (Å²) in [5.41, 5.74) is 1.50. The van der Waals surface area contributed by atoms with Crippen LogP contribution in [0.3, 0.4) is 0 Å². The molecule has 0 radical (unpaired) electrons. The van der Waals surface area contributed by atoms with Gasteiger partial charge in [-0.25, -0.2) is 4.98 Å². The summed E-state index contributed by atoms with van der Waals surface area (Å²) < 4.78 is 5.81. The Labute approximate surface area is 124 Å². The van der Waals surface area contributed by atoms with Crippen LogP contribution in [0.1, 0.15) is 31.2 Å². The highest BCUT2D eigenvalue weighted by Gasteiger charge is 2.14. The topological polar surface area (TPSA) is 57.9 Å². The van der Waals surface area contributed by atoms with Gasteiger partial charge in [-0.15, -0.1) is 0 Å². The maximum absolute atomic E-state index is 9.24. The summed E-state index contributed by atoms with van der Waals surface area (Å²) in [5.74, 6) is 0.736. The average molecular weight is 281 g/mol. The minimum Gasteiger partial charge on any atom is -0.376 e. The Hall–Kier alpha value is -2.12. The van der Waals surface area contributed by atoms with Gasteiger partial charge in [0.2, 0.25) is 0 Å². The van der Waals surface area contributed by atoms with Gasteiger partial charge in [-0.3, -0.25) is 0 Å². The van der Waals surface area contributed by atoms with Crippen LogP contribution in [-0.2, 0) is 4.74 Å². The first-order valence-corrected chi connectivity index (χ1v) is 7.52. The van der Waals surface area contributed by atoms with E-state index in [9.17, 15) is 5.26 Å². The van der Waals surface area contributed by atoms with E-state index in [1.54, 1.807) is 6.07 Å². The number of para-hydroxylation sites is 1. The Balaban J connectivity index is 1.62. The number of aromatic nitrogens is 1. The van der Waals surface area contributed by atoms with Gasteiger partial charge in [-0.1, -0.05) is 31.0 Å². The molecule has 0 bridgehead atoms. The minimum atomic E-state index is 0.436. The summed E-state index contributed by atoms with van der Waals surface area (Å²) >= 11 is 0. The van der Waals surface area contributed by atoms with Crippen LogP contribution >= 0.6 is 0 Å². The van der Waals surface area contributed by atoms with E-state index >= 15 is 0 Å². The Morgan fingerprint density at radius 3 is 2.90 bits per heavy atom. The molecule has 1 heterocycles.